The van der Waals surface area contributed by atoms with Gasteiger partial charge in [0.05, 0.1) is 38.1 Å². The van der Waals surface area contributed by atoms with Gasteiger partial charge in [-0.2, -0.15) is 0 Å². The number of rotatable bonds is 22. The van der Waals surface area contributed by atoms with E-state index >= 15 is 0 Å². The van der Waals surface area contributed by atoms with Crippen molar-refractivity contribution in [3.8, 4) is 11.5 Å². The third-order valence-electron chi connectivity index (χ3n) is 10.5. The van der Waals surface area contributed by atoms with E-state index in [-0.39, 0.29) is 75.1 Å². The zero-order valence-corrected chi connectivity index (χ0v) is 29.5. The highest BCUT2D eigenvalue weighted by Gasteiger charge is 2.65. The van der Waals surface area contributed by atoms with Crippen LogP contribution in [0, 0.1) is 23.7 Å². The van der Waals surface area contributed by atoms with Gasteiger partial charge in [-0.1, -0.05) is 42.8 Å². The van der Waals surface area contributed by atoms with Gasteiger partial charge >= 0.3 is 0 Å². The molecule has 1 heterocycles. The van der Waals surface area contributed by atoms with Gasteiger partial charge in [0.1, 0.15) is 31.3 Å². The van der Waals surface area contributed by atoms with Crippen LogP contribution in [0.25, 0.3) is 0 Å². The first kappa shape index (κ1) is 38.0. The van der Waals surface area contributed by atoms with Crippen molar-refractivity contribution in [2.45, 2.75) is 75.5 Å². The van der Waals surface area contributed by atoms with Gasteiger partial charge in [0, 0.05) is 43.6 Å². The van der Waals surface area contributed by atoms with Gasteiger partial charge in [-0.25, -0.2) is 0 Å². The number of carbonyl (C=O) groups is 1. The maximum Gasteiger partial charge on any atom is 0.239 e. The van der Waals surface area contributed by atoms with Crippen molar-refractivity contribution in [2.24, 2.45) is 28.8 Å². The zero-order chi connectivity index (χ0) is 35.5. The molecule has 276 valence electrons. The summed E-state index contributed by atoms with van der Waals surface area (Å²) in [6, 6.07) is 5.33. The summed E-state index contributed by atoms with van der Waals surface area (Å²) in [6.45, 7) is 9.22. The summed E-state index contributed by atoms with van der Waals surface area (Å²) < 4.78 is 25.9. The van der Waals surface area contributed by atoms with Crippen molar-refractivity contribution in [2.75, 3.05) is 59.9 Å². The average Bonchev–Trinajstić information content (AvgIpc) is 3.98. The molecule has 4 aliphatic rings. The third kappa shape index (κ3) is 8.29. The third-order valence-corrected chi connectivity index (χ3v) is 10.5. The number of aliphatic hydroxyl groups is 3. The van der Waals surface area contributed by atoms with E-state index in [0.717, 1.165) is 55.4 Å². The van der Waals surface area contributed by atoms with Crippen molar-refractivity contribution in [3.05, 3.63) is 60.7 Å². The molecule has 1 aromatic rings. The molecule has 0 spiro atoms. The number of allylic oxidation sites excluding steroid dienone is 1. The number of nitrogens with zero attached hydrogens (tertiary/aromatic N) is 2. The molecule has 2 saturated carbocycles. The number of unbranched alkanes of at least 4 members (excludes halogenated alkanes) is 2. The van der Waals surface area contributed by atoms with E-state index in [4.69, 9.17) is 23.8 Å². The monoisotopic (exact) mass is 696 g/mol. The van der Waals surface area contributed by atoms with Gasteiger partial charge in [0.15, 0.2) is 0 Å². The van der Waals surface area contributed by atoms with Crippen LogP contribution in [0.4, 0.5) is 0 Å². The fourth-order valence-electron chi connectivity index (χ4n) is 8.32. The molecule has 3 aliphatic carbocycles. The number of ether oxygens (including phenoxy) is 4. The van der Waals surface area contributed by atoms with Crippen molar-refractivity contribution >= 4 is 11.6 Å². The number of hydrogen-bond donors (Lipinski definition) is 3. The van der Waals surface area contributed by atoms with Crippen LogP contribution in [-0.4, -0.2) is 104 Å². The fraction of sp³-hybridized carbons (Fsp3) is 0.641. The molecule has 3 N–H and O–H groups in total. The number of carbonyl (C=O) groups excluding carboxylic acids is 1. The maximum absolute atomic E-state index is 14.2. The minimum Gasteiger partial charge on any atom is -0.490 e. The van der Waals surface area contributed by atoms with Gasteiger partial charge in [0.25, 0.3) is 0 Å². The smallest absolute Gasteiger partial charge is 0.239 e. The van der Waals surface area contributed by atoms with Crippen molar-refractivity contribution in [1.82, 2.24) is 4.90 Å². The Bertz CT molecular complexity index is 1360. The van der Waals surface area contributed by atoms with Gasteiger partial charge in [-0.15, -0.1) is 6.58 Å². The largest absolute Gasteiger partial charge is 0.490 e. The molecule has 5 rings (SSSR count). The highest BCUT2D eigenvalue weighted by atomic mass is 16.7. The second kappa shape index (κ2) is 18.3. The van der Waals surface area contributed by atoms with Crippen LogP contribution >= 0.6 is 0 Å². The number of aliphatic hydroxyl groups excluding tert-OH is 3. The zero-order valence-electron chi connectivity index (χ0n) is 29.5. The van der Waals surface area contributed by atoms with Crippen LogP contribution in [0.1, 0.15) is 69.3 Å². The first-order valence-electron chi connectivity index (χ1n) is 18.3. The van der Waals surface area contributed by atoms with Crippen molar-refractivity contribution in [3.63, 3.8) is 0 Å². The Morgan fingerprint density at radius 2 is 1.80 bits per heavy atom. The molecule has 0 aromatic heterocycles. The van der Waals surface area contributed by atoms with Gasteiger partial charge in [-0.3, -0.25) is 4.79 Å². The Balaban J connectivity index is 1.73. The molecular formula is C39H56N2O9. The minimum absolute atomic E-state index is 0.0321. The molecule has 0 radical (unpaired) electrons. The molecule has 0 bridgehead atoms. The van der Waals surface area contributed by atoms with E-state index < -0.39 is 11.8 Å². The summed E-state index contributed by atoms with van der Waals surface area (Å²) in [5, 5.41) is 33.5. The second-order valence-corrected chi connectivity index (χ2v) is 13.7. The predicted octanol–water partition coefficient (Wildman–Crippen LogP) is 4.76. The highest BCUT2D eigenvalue weighted by molar-refractivity contribution is 6.03. The van der Waals surface area contributed by atoms with Gasteiger partial charge in [0.2, 0.25) is 11.7 Å². The Morgan fingerprint density at radius 3 is 2.48 bits per heavy atom. The lowest BCUT2D eigenvalue weighted by Crippen LogP contribution is -2.70. The highest BCUT2D eigenvalue weighted by Crippen LogP contribution is 2.62. The van der Waals surface area contributed by atoms with Crippen molar-refractivity contribution < 1.29 is 43.9 Å². The van der Waals surface area contributed by atoms with Crippen LogP contribution in [-0.2, 0) is 19.1 Å². The average molecular weight is 697 g/mol. The van der Waals surface area contributed by atoms with E-state index in [2.05, 4.69) is 30.5 Å². The molecule has 6 atom stereocenters. The molecule has 2 fully saturated rings. The standard InChI is InChI=1S/C39H56N2O9/c1-4-20-48-29-14-15-34-32(25-29)36-30(11-7-9-18-43)28(10-6-8-17-42)24-31-33(40-46-3)26-35(39(50-34,37(31)36)49-21-5-2)41(16-22-47-23-19-44)38(45)27-12-13-27/h4-5,14-15,24-25,27-28,30,35-37,42-44H,1-2,6-13,16-23,26H2,3H3. The van der Waals surface area contributed by atoms with E-state index in [9.17, 15) is 20.1 Å². The molecule has 6 unspecified atom stereocenters. The number of oxime groups is 1. The van der Waals surface area contributed by atoms with Crippen LogP contribution in [0.5, 0.6) is 11.5 Å². The Hall–Kier alpha value is -3.22. The van der Waals surface area contributed by atoms with Crippen LogP contribution in [0.2, 0.25) is 0 Å². The minimum atomic E-state index is -1.30. The Labute approximate surface area is 296 Å². The fourth-order valence-corrected chi connectivity index (χ4v) is 8.32. The molecule has 50 heavy (non-hydrogen) atoms. The van der Waals surface area contributed by atoms with Crippen LogP contribution in [0.15, 0.2) is 60.3 Å². The maximum atomic E-state index is 14.2. The molecule has 1 aliphatic heterocycles. The lowest BCUT2D eigenvalue weighted by atomic mass is 9.55. The normalized spacial score (nSPS) is 27.4. The molecule has 11 nitrogen and oxygen atoms in total. The van der Waals surface area contributed by atoms with E-state index in [1.54, 1.807) is 19.3 Å². The first-order valence-corrected chi connectivity index (χ1v) is 18.3. The van der Waals surface area contributed by atoms with Crippen molar-refractivity contribution in [1.29, 1.82) is 0 Å². The molecule has 0 saturated heterocycles. The number of amides is 1. The summed E-state index contributed by atoms with van der Waals surface area (Å²) in [7, 11) is 1.54. The van der Waals surface area contributed by atoms with Crippen LogP contribution < -0.4 is 9.47 Å². The second-order valence-electron chi connectivity index (χ2n) is 13.7. The summed E-state index contributed by atoms with van der Waals surface area (Å²) >= 11 is 0. The predicted molar refractivity (Wildman–Crippen MR) is 190 cm³/mol. The topological polar surface area (TPSA) is 140 Å². The summed E-state index contributed by atoms with van der Waals surface area (Å²) in [6.07, 6.45) is 12.6. The van der Waals surface area contributed by atoms with Crippen LogP contribution in [0.3, 0.4) is 0 Å². The summed E-state index contributed by atoms with van der Waals surface area (Å²) in [4.78, 5) is 21.6. The molecule has 11 heteroatoms. The molecule has 1 amide bonds. The van der Waals surface area contributed by atoms with Gasteiger partial charge in [-0.05, 0) is 74.1 Å². The molecule has 1 aromatic carbocycles. The number of hydrogen-bond acceptors (Lipinski definition) is 10. The lowest BCUT2D eigenvalue weighted by molar-refractivity contribution is -0.258. The van der Waals surface area contributed by atoms with E-state index in [0.29, 0.717) is 43.9 Å². The number of benzene rings is 1. The Morgan fingerprint density at radius 1 is 1.04 bits per heavy atom. The molecular weight excluding hydrogens is 640 g/mol. The first-order chi connectivity index (χ1) is 24.5. The summed E-state index contributed by atoms with van der Waals surface area (Å²) in [5.74, 6) is -0.192. The number of fused-ring (bicyclic) bond motifs is 2. The Kier molecular flexibility index (Phi) is 13.9. The van der Waals surface area contributed by atoms with E-state index in [1.165, 1.54) is 0 Å². The summed E-state index contributed by atoms with van der Waals surface area (Å²) in [5.41, 5.74) is 2.75. The quantitative estimate of drug-likeness (QED) is 0.0890. The van der Waals surface area contributed by atoms with E-state index in [1.807, 2.05) is 17.0 Å². The van der Waals surface area contributed by atoms with Gasteiger partial charge < -0.3 is 44.0 Å². The SMILES string of the molecule is C=CCOc1ccc2c(c1)C1C(CCCCO)C(CCCCO)C=C3C(=NOC)CC(N(CCOCCO)C(=O)C4CC4)C(OCC=C)(O2)C31. The lowest BCUT2D eigenvalue weighted by Gasteiger charge is -2.60.